The molecule has 1 N–H and O–H groups in total. The predicted molar refractivity (Wildman–Crippen MR) is 79.0 cm³/mol. The highest BCUT2D eigenvalue weighted by molar-refractivity contribution is 9.10. The molecule has 0 saturated heterocycles. The SMILES string of the molecule is Brc1cncc(NCc2ccn(C3CCCC3)n2)c1. The highest BCUT2D eigenvalue weighted by Crippen LogP contribution is 2.28. The fourth-order valence-corrected chi connectivity index (χ4v) is 2.91. The molecular formula is C14H17BrN4. The minimum absolute atomic E-state index is 0.612. The normalized spacial score (nSPS) is 15.8. The van der Waals surface area contributed by atoms with Gasteiger partial charge >= 0.3 is 0 Å². The Morgan fingerprint density at radius 2 is 2.16 bits per heavy atom. The molecule has 0 atom stereocenters. The van der Waals surface area contributed by atoms with Crippen LogP contribution in [0.15, 0.2) is 35.2 Å². The summed E-state index contributed by atoms with van der Waals surface area (Å²) in [5.41, 5.74) is 2.08. The molecule has 0 spiro atoms. The number of pyridine rings is 1. The standard InChI is InChI=1S/C14H17BrN4/c15-11-7-13(9-16-8-11)17-10-12-5-6-19(18-12)14-3-1-2-4-14/h5-9,14,17H,1-4,10H2. The van der Waals surface area contributed by atoms with Crippen LogP contribution >= 0.6 is 15.9 Å². The van der Waals surface area contributed by atoms with Gasteiger partial charge in [-0.3, -0.25) is 9.67 Å². The van der Waals surface area contributed by atoms with Crippen LogP contribution in [0.25, 0.3) is 0 Å². The second-order valence-corrected chi connectivity index (χ2v) is 5.89. The molecule has 5 heteroatoms. The summed E-state index contributed by atoms with van der Waals surface area (Å²) in [5.74, 6) is 0. The lowest BCUT2D eigenvalue weighted by atomic mass is 10.3. The van der Waals surface area contributed by atoms with Crippen molar-refractivity contribution in [2.45, 2.75) is 38.3 Å². The zero-order chi connectivity index (χ0) is 13.1. The lowest BCUT2D eigenvalue weighted by Crippen LogP contribution is -2.07. The number of hydrogen-bond donors (Lipinski definition) is 1. The molecule has 2 aromatic rings. The summed E-state index contributed by atoms with van der Waals surface area (Å²) in [6.45, 7) is 0.734. The van der Waals surface area contributed by atoms with Gasteiger partial charge in [0.2, 0.25) is 0 Å². The first-order valence-corrected chi connectivity index (χ1v) is 7.49. The van der Waals surface area contributed by atoms with Gasteiger partial charge in [-0.25, -0.2) is 0 Å². The summed E-state index contributed by atoms with van der Waals surface area (Å²) in [7, 11) is 0. The van der Waals surface area contributed by atoms with Gasteiger partial charge in [0.25, 0.3) is 0 Å². The maximum absolute atomic E-state index is 4.65. The van der Waals surface area contributed by atoms with E-state index in [1.807, 2.05) is 12.3 Å². The Labute approximate surface area is 121 Å². The Morgan fingerprint density at radius 1 is 1.32 bits per heavy atom. The number of nitrogens with zero attached hydrogens (tertiary/aromatic N) is 3. The van der Waals surface area contributed by atoms with E-state index >= 15 is 0 Å². The molecule has 0 unspecified atom stereocenters. The molecule has 0 aliphatic heterocycles. The molecule has 3 rings (SSSR count). The van der Waals surface area contributed by atoms with Crippen molar-refractivity contribution >= 4 is 21.6 Å². The zero-order valence-electron chi connectivity index (χ0n) is 10.7. The smallest absolute Gasteiger partial charge is 0.0815 e. The summed E-state index contributed by atoms with van der Waals surface area (Å²) in [4.78, 5) is 4.13. The number of halogens is 1. The topological polar surface area (TPSA) is 42.7 Å². The Bertz CT molecular complexity index is 546. The molecule has 4 nitrogen and oxygen atoms in total. The van der Waals surface area contributed by atoms with Gasteiger partial charge in [0, 0.05) is 16.9 Å². The molecular weight excluding hydrogens is 304 g/mol. The predicted octanol–water partition coefficient (Wildman–Crippen LogP) is 3.77. The monoisotopic (exact) mass is 320 g/mol. The third kappa shape index (κ3) is 3.15. The van der Waals surface area contributed by atoms with Gasteiger partial charge in [-0.2, -0.15) is 5.10 Å². The van der Waals surface area contributed by atoms with E-state index < -0.39 is 0 Å². The van der Waals surface area contributed by atoms with Gasteiger partial charge in [-0.15, -0.1) is 0 Å². The van der Waals surface area contributed by atoms with Gasteiger partial charge < -0.3 is 5.32 Å². The Morgan fingerprint density at radius 3 is 2.95 bits per heavy atom. The Hall–Kier alpha value is -1.36. The van der Waals surface area contributed by atoms with Crippen molar-refractivity contribution in [3.63, 3.8) is 0 Å². The second kappa shape index (κ2) is 5.74. The van der Waals surface area contributed by atoms with Crippen LogP contribution in [0, 0.1) is 0 Å². The van der Waals surface area contributed by atoms with E-state index in [-0.39, 0.29) is 0 Å². The van der Waals surface area contributed by atoms with Crippen molar-refractivity contribution in [3.05, 3.63) is 40.9 Å². The first kappa shape index (κ1) is 12.7. The van der Waals surface area contributed by atoms with E-state index in [1.165, 1.54) is 25.7 Å². The molecule has 2 heterocycles. The van der Waals surface area contributed by atoms with E-state index in [1.54, 1.807) is 6.20 Å². The molecule has 1 fully saturated rings. The van der Waals surface area contributed by atoms with Gasteiger partial charge in [0.15, 0.2) is 0 Å². The van der Waals surface area contributed by atoms with Crippen molar-refractivity contribution in [2.75, 3.05) is 5.32 Å². The molecule has 19 heavy (non-hydrogen) atoms. The number of hydrogen-bond acceptors (Lipinski definition) is 3. The van der Waals surface area contributed by atoms with E-state index in [0.29, 0.717) is 6.04 Å². The minimum Gasteiger partial charge on any atom is -0.378 e. The molecule has 0 radical (unpaired) electrons. The third-order valence-electron chi connectivity index (χ3n) is 3.54. The Kier molecular flexibility index (Phi) is 3.82. The molecule has 0 aromatic carbocycles. The van der Waals surface area contributed by atoms with Gasteiger partial charge in [-0.1, -0.05) is 12.8 Å². The highest BCUT2D eigenvalue weighted by atomic mass is 79.9. The number of rotatable bonds is 4. The summed E-state index contributed by atoms with van der Waals surface area (Å²) in [6.07, 6.45) is 10.9. The quantitative estimate of drug-likeness (QED) is 0.932. The molecule has 1 aliphatic rings. The maximum atomic E-state index is 4.65. The molecule has 0 amide bonds. The van der Waals surface area contributed by atoms with Crippen LogP contribution in [0.1, 0.15) is 37.4 Å². The largest absolute Gasteiger partial charge is 0.378 e. The van der Waals surface area contributed by atoms with Crippen LogP contribution in [0.5, 0.6) is 0 Å². The van der Waals surface area contributed by atoms with Crippen LogP contribution in [0.3, 0.4) is 0 Å². The third-order valence-corrected chi connectivity index (χ3v) is 3.97. The molecule has 100 valence electrons. The maximum Gasteiger partial charge on any atom is 0.0815 e. The summed E-state index contributed by atoms with van der Waals surface area (Å²) in [6, 6.07) is 4.72. The highest BCUT2D eigenvalue weighted by Gasteiger charge is 2.17. The van der Waals surface area contributed by atoms with Crippen molar-refractivity contribution in [3.8, 4) is 0 Å². The number of aromatic nitrogens is 3. The lowest BCUT2D eigenvalue weighted by Gasteiger charge is -2.09. The van der Waals surface area contributed by atoms with Gasteiger partial charge in [-0.05, 0) is 40.9 Å². The van der Waals surface area contributed by atoms with Crippen LogP contribution in [-0.4, -0.2) is 14.8 Å². The molecule has 1 aliphatic carbocycles. The molecule has 0 bridgehead atoms. The second-order valence-electron chi connectivity index (χ2n) is 4.97. The van der Waals surface area contributed by atoms with Crippen molar-refractivity contribution in [2.24, 2.45) is 0 Å². The van der Waals surface area contributed by atoms with Crippen LogP contribution < -0.4 is 5.32 Å². The van der Waals surface area contributed by atoms with E-state index in [9.17, 15) is 0 Å². The fraction of sp³-hybridized carbons (Fsp3) is 0.429. The number of anilines is 1. The molecule has 2 aromatic heterocycles. The van der Waals surface area contributed by atoms with Gasteiger partial charge in [0.1, 0.15) is 0 Å². The number of nitrogens with one attached hydrogen (secondary N) is 1. The summed E-state index contributed by atoms with van der Waals surface area (Å²) < 4.78 is 3.11. The van der Waals surface area contributed by atoms with Crippen molar-refractivity contribution in [1.82, 2.24) is 14.8 Å². The van der Waals surface area contributed by atoms with Crippen LogP contribution in [0.4, 0.5) is 5.69 Å². The van der Waals surface area contributed by atoms with Crippen molar-refractivity contribution < 1.29 is 0 Å². The van der Waals surface area contributed by atoms with Crippen LogP contribution in [0.2, 0.25) is 0 Å². The summed E-state index contributed by atoms with van der Waals surface area (Å²) in [5, 5.41) is 7.99. The van der Waals surface area contributed by atoms with E-state index in [0.717, 1.165) is 22.4 Å². The zero-order valence-corrected chi connectivity index (χ0v) is 12.3. The van der Waals surface area contributed by atoms with Crippen molar-refractivity contribution in [1.29, 1.82) is 0 Å². The first-order valence-electron chi connectivity index (χ1n) is 6.70. The van der Waals surface area contributed by atoms with E-state index in [2.05, 4.69) is 48.3 Å². The fourth-order valence-electron chi connectivity index (χ4n) is 2.54. The molecule has 1 saturated carbocycles. The van der Waals surface area contributed by atoms with Gasteiger partial charge in [0.05, 0.1) is 30.2 Å². The Balaban J connectivity index is 1.61. The van der Waals surface area contributed by atoms with E-state index in [4.69, 9.17) is 0 Å². The van der Waals surface area contributed by atoms with Crippen LogP contribution in [-0.2, 0) is 6.54 Å². The average Bonchev–Trinajstić information content (AvgIpc) is 3.07. The minimum atomic E-state index is 0.612. The first-order chi connectivity index (χ1) is 9.31. The average molecular weight is 321 g/mol. The lowest BCUT2D eigenvalue weighted by molar-refractivity contribution is 0.463. The summed E-state index contributed by atoms with van der Waals surface area (Å²) >= 11 is 3.41.